The summed E-state index contributed by atoms with van der Waals surface area (Å²) in [5, 5.41) is 0. The minimum atomic E-state index is -2.34. The van der Waals surface area contributed by atoms with Crippen LogP contribution >= 0.6 is 0 Å². The second-order valence-electron chi connectivity index (χ2n) is 12.9. The third-order valence-electron chi connectivity index (χ3n) is 6.50. The molecular formula is C28H44O2Si4. The molecule has 1 heterocycles. The van der Waals surface area contributed by atoms with Crippen molar-refractivity contribution in [1.82, 2.24) is 0 Å². The lowest BCUT2D eigenvalue weighted by molar-refractivity contribution is 0.486. The Balaban J connectivity index is 2.40. The average Bonchev–Trinajstić information content (AvgIpc) is 2.64. The van der Waals surface area contributed by atoms with Gasteiger partial charge in [0.25, 0.3) is 16.6 Å². The largest absolute Gasteiger partial charge is 0.540 e. The van der Waals surface area contributed by atoms with Crippen LogP contribution in [0.4, 0.5) is 0 Å². The van der Waals surface area contributed by atoms with Gasteiger partial charge in [-0.05, 0) is 49.7 Å². The van der Waals surface area contributed by atoms with Gasteiger partial charge in [-0.25, -0.2) is 0 Å². The van der Waals surface area contributed by atoms with Crippen LogP contribution in [0.5, 0.6) is 0 Å². The Hall–Kier alpha value is -1.61. The molecular weight excluding hydrogens is 481 g/mol. The predicted octanol–water partition coefficient (Wildman–Crippen LogP) is 8.72. The minimum absolute atomic E-state index is 1.13. The van der Waals surface area contributed by atoms with E-state index in [9.17, 15) is 0 Å². The zero-order valence-electron chi connectivity index (χ0n) is 23.4. The molecule has 1 aliphatic rings. The molecule has 184 valence electrons. The highest BCUT2D eigenvalue weighted by Crippen LogP contribution is 2.45. The normalized spacial score (nSPS) is 22.9. The highest BCUT2D eigenvalue weighted by Gasteiger charge is 2.49. The summed E-state index contributed by atoms with van der Waals surface area (Å²) in [6.45, 7) is 28.5. The molecule has 2 aromatic rings. The maximum absolute atomic E-state index is 7.38. The Bertz CT molecular complexity index is 1020. The molecule has 0 aliphatic carbocycles. The fraction of sp³-hybridized carbons (Fsp3) is 0.429. The quantitative estimate of drug-likeness (QED) is 0.372. The average molecular weight is 525 g/mol. The van der Waals surface area contributed by atoms with Gasteiger partial charge in [0.2, 0.25) is 0 Å². The molecule has 6 heteroatoms. The van der Waals surface area contributed by atoms with E-state index < -0.39 is 32.8 Å². The molecule has 2 aromatic carbocycles. The maximum atomic E-state index is 7.38. The molecule has 3 rings (SSSR count). The smallest absolute Gasteiger partial charge is 0.272 e. The molecule has 0 atom stereocenters. The number of hydrogen-bond acceptors (Lipinski definition) is 2. The molecule has 34 heavy (non-hydrogen) atoms. The van der Waals surface area contributed by atoms with Crippen LogP contribution in [0.3, 0.4) is 0 Å². The SMILES string of the molecule is Cc1ccc(/C2=C(\[Si](C)(C)C)[Si](C)(C)O/C(c3ccc(C)cc3)=C(/[Si](C)(C)C)[Si](C)(C)O2)cc1. The zero-order chi connectivity index (χ0) is 25.7. The summed E-state index contributed by atoms with van der Waals surface area (Å²) in [4.78, 5) is 2.98. The van der Waals surface area contributed by atoms with Crippen molar-refractivity contribution in [1.29, 1.82) is 0 Å². The van der Waals surface area contributed by atoms with Crippen LogP contribution < -0.4 is 0 Å². The molecule has 0 unspecified atom stereocenters. The Morgan fingerprint density at radius 1 is 0.500 bits per heavy atom. The number of aryl methyl sites for hydroxylation is 2. The second kappa shape index (κ2) is 9.12. The van der Waals surface area contributed by atoms with E-state index in [4.69, 9.17) is 8.85 Å². The highest BCUT2D eigenvalue weighted by molar-refractivity contribution is 7.06. The van der Waals surface area contributed by atoms with Crippen LogP contribution in [0.15, 0.2) is 58.2 Å². The van der Waals surface area contributed by atoms with Gasteiger partial charge in [-0.2, -0.15) is 0 Å². The minimum Gasteiger partial charge on any atom is -0.540 e. The van der Waals surface area contributed by atoms with E-state index in [1.165, 1.54) is 31.9 Å². The fourth-order valence-electron chi connectivity index (χ4n) is 5.57. The van der Waals surface area contributed by atoms with Crippen LogP contribution in [0, 0.1) is 13.8 Å². The molecule has 0 bridgehead atoms. The fourth-order valence-corrected chi connectivity index (χ4v) is 25.6. The van der Waals surface area contributed by atoms with Crippen molar-refractivity contribution in [3.63, 3.8) is 0 Å². The summed E-state index contributed by atoms with van der Waals surface area (Å²) in [7, 11) is -8.22. The lowest BCUT2D eigenvalue weighted by Gasteiger charge is -2.45. The summed E-state index contributed by atoms with van der Waals surface area (Å²) in [5.74, 6) is 2.26. The van der Waals surface area contributed by atoms with Crippen LogP contribution in [0.25, 0.3) is 11.5 Å². The first-order chi connectivity index (χ1) is 15.4. The summed E-state index contributed by atoms with van der Waals surface area (Å²) in [6, 6.07) is 17.8. The van der Waals surface area contributed by atoms with Gasteiger partial charge in [-0.3, -0.25) is 0 Å². The van der Waals surface area contributed by atoms with E-state index >= 15 is 0 Å². The topological polar surface area (TPSA) is 18.5 Å². The predicted molar refractivity (Wildman–Crippen MR) is 160 cm³/mol. The van der Waals surface area contributed by atoms with Gasteiger partial charge in [0.05, 0.1) is 16.1 Å². The van der Waals surface area contributed by atoms with Gasteiger partial charge < -0.3 is 8.85 Å². The first-order valence-corrected chi connectivity index (χ1v) is 25.3. The van der Waals surface area contributed by atoms with Crippen molar-refractivity contribution in [3.8, 4) is 0 Å². The monoisotopic (exact) mass is 524 g/mol. The van der Waals surface area contributed by atoms with Crippen LogP contribution in [-0.2, 0) is 8.85 Å². The van der Waals surface area contributed by atoms with E-state index in [1.807, 2.05) is 0 Å². The molecule has 0 spiro atoms. The van der Waals surface area contributed by atoms with E-state index in [0.717, 1.165) is 11.5 Å². The summed E-state index contributed by atoms with van der Waals surface area (Å²) >= 11 is 0. The van der Waals surface area contributed by atoms with Gasteiger partial charge in [-0.15, -0.1) is 0 Å². The highest BCUT2D eigenvalue weighted by atomic mass is 28.4. The van der Waals surface area contributed by atoms with Gasteiger partial charge in [0.1, 0.15) is 11.5 Å². The Morgan fingerprint density at radius 3 is 1.00 bits per heavy atom. The van der Waals surface area contributed by atoms with Crippen molar-refractivity contribution in [2.24, 2.45) is 0 Å². The van der Waals surface area contributed by atoms with Gasteiger partial charge in [0.15, 0.2) is 0 Å². The first kappa shape index (κ1) is 27.0. The van der Waals surface area contributed by atoms with Crippen LogP contribution in [-0.4, -0.2) is 32.8 Å². The molecule has 0 radical (unpaired) electrons. The van der Waals surface area contributed by atoms with Crippen molar-refractivity contribution >= 4 is 44.3 Å². The molecule has 2 nitrogen and oxygen atoms in total. The number of rotatable bonds is 4. The summed E-state index contributed by atoms with van der Waals surface area (Å²) in [6.07, 6.45) is 0. The molecule has 0 amide bonds. The van der Waals surface area contributed by atoms with Gasteiger partial charge in [-0.1, -0.05) is 98.9 Å². The summed E-state index contributed by atoms with van der Waals surface area (Å²) in [5.41, 5.74) is 4.97. The molecule has 1 aliphatic heterocycles. The lowest BCUT2D eigenvalue weighted by atomic mass is 10.1. The standard InChI is InChI=1S/C28H44O2Si4/c1-21-13-17-23(18-14-21)25-27(31(3,4)5)33(9,10)30-26(24-19-15-22(2)16-20-24)28(32(6,7)8)34(11,12)29-25/h13-20H,1-12H3/b27-25-,28-26-. The van der Waals surface area contributed by atoms with Gasteiger partial charge >= 0.3 is 0 Å². The Labute approximate surface area is 212 Å². The Morgan fingerprint density at radius 2 is 0.765 bits per heavy atom. The zero-order valence-corrected chi connectivity index (χ0v) is 27.4. The van der Waals surface area contributed by atoms with Gasteiger partial charge in [0, 0.05) is 11.1 Å². The van der Waals surface area contributed by atoms with E-state index in [-0.39, 0.29) is 0 Å². The molecule has 0 N–H and O–H groups in total. The maximum Gasteiger partial charge on any atom is 0.272 e. The summed E-state index contributed by atoms with van der Waals surface area (Å²) < 4.78 is 14.8. The molecule has 0 saturated carbocycles. The van der Waals surface area contributed by atoms with E-state index in [2.05, 4.69) is 128 Å². The third kappa shape index (κ3) is 5.61. The van der Waals surface area contributed by atoms with Crippen molar-refractivity contribution in [2.45, 2.75) is 79.3 Å². The van der Waals surface area contributed by atoms with E-state index in [0.29, 0.717) is 0 Å². The van der Waals surface area contributed by atoms with E-state index in [1.54, 1.807) is 0 Å². The number of hydrogen-bond donors (Lipinski definition) is 0. The lowest BCUT2D eigenvalue weighted by Crippen LogP contribution is -2.52. The third-order valence-corrected chi connectivity index (χ3v) is 22.4. The Kier molecular flexibility index (Phi) is 7.23. The second-order valence-corrected chi connectivity index (χ2v) is 31.3. The molecule has 0 saturated heterocycles. The molecule has 0 fully saturated rings. The number of benzene rings is 2. The van der Waals surface area contributed by atoms with Crippen molar-refractivity contribution in [3.05, 3.63) is 80.4 Å². The van der Waals surface area contributed by atoms with Crippen molar-refractivity contribution in [2.75, 3.05) is 0 Å². The van der Waals surface area contributed by atoms with Crippen LogP contribution in [0.1, 0.15) is 22.3 Å². The first-order valence-electron chi connectivity index (χ1n) is 12.5. The van der Waals surface area contributed by atoms with Crippen molar-refractivity contribution < 1.29 is 8.85 Å². The molecule has 0 aromatic heterocycles. The van der Waals surface area contributed by atoms with Crippen LogP contribution in [0.2, 0.25) is 65.5 Å².